The smallest absolute Gasteiger partial charge is 0.220 e. The number of piperidine rings is 2. The van der Waals surface area contributed by atoms with Crippen molar-refractivity contribution in [2.45, 2.75) is 109 Å². The average Bonchev–Trinajstić information content (AvgIpc) is 3.33. The van der Waals surface area contributed by atoms with Gasteiger partial charge in [0.1, 0.15) is 17.5 Å². The van der Waals surface area contributed by atoms with Gasteiger partial charge in [-0.1, -0.05) is 26.7 Å². The molecule has 1 amide bonds. The molecule has 0 bridgehead atoms. The molecule has 2 aromatic rings. The fourth-order valence-corrected chi connectivity index (χ4v) is 7.30. The van der Waals surface area contributed by atoms with E-state index in [0.29, 0.717) is 18.4 Å². The Kier molecular flexibility index (Phi) is 9.27. The van der Waals surface area contributed by atoms with E-state index in [4.69, 9.17) is 15.4 Å². The molecule has 1 atom stereocenters. The molecular formula is C33H49N7O. The maximum atomic E-state index is 11.8. The molecule has 41 heavy (non-hydrogen) atoms. The number of nitrogens with zero attached hydrogens (tertiary/aromatic N) is 4. The summed E-state index contributed by atoms with van der Waals surface area (Å²) in [5.74, 6) is 3.13. The topological polar surface area (TPSA) is 97.2 Å². The molecule has 3 saturated heterocycles. The minimum absolute atomic E-state index is 0.0307. The van der Waals surface area contributed by atoms with Crippen molar-refractivity contribution in [2.24, 2.45) is 0 Å². The second kappa shape index (κ2) is 12.9. The predicted molar refractivity (Wildman–Crippen MR) is 168 cm³/mol. The van der Waals surface area contributed by atoms with Crippen LogP contribution in [0, 0.1) is 19.3 Å². The van der Waals surface area contributed by atoms with Gasteiger partial charge in [0.25, 0.3) is 0 Å². The predicted octanol–water partition coefficient (Wildman–Crippen LogP) is 6.23. The molecule has 0 radical (unpaired) electrons. The van der Waals surface area contributed by atoms with E-state index in [1.54, 1.807) is 0 Å². The lowest BCUT2D eigenvalue weighted by atomic mass is 9.85. The standard InChI is InChI=1S/C33H49N7O/c1-5-7-8-27(6-2)39-15-10-25(11-16-39)28-20-29(26(22-34)19-23(28)3)37-30-21-31(36-24(4)35-30)40-17-13-33(14-18-40)12-9-32(41)38-33/h19-22,25,27,34H,5-18H2,1-4H3,(H,38,41)(H,35,36,37). The number of amides is 1. The third-order valence-electron chi connectivity index (χ3n) is 9.81. The van der Waals surface area contributed by atoms with Crippen LogP contribution < -0.4 is 15.5 Å². The van der Waals surface area contributed by atoms with Crippen molar-refractivity contribution in [3.8, 4) is 0 Å². The molecule has 4 heterocycles. The molecule has 8 nitrogen and oxygen atoms in total. The van der Waals surface area contributed by atoms with Gasteiger partial charge in [-0.15, -0.1) is 0 Å². The van der Waals surface area contributed by atoms with Gasteiger partial charge < -0.3 is 25.8 Å². The SMILES string of the molecule is CCCCC(CC)N1CCC(c2cc(Nc3cc(N4CCC5(CCC(=O)N5)CC4)nc(C)n3)c(C=N)cc2C)CC1. The number of aryl methyl sites for hydroxylation is 2. The van der Waals surface area contributed by atoms with Crippen molar-refractivity contribution in [1.82, 2.24) is 20.2 Å². The molecule has 8 heteroatoms. The number of hydrogen-bond donors (Lipinski definition) is 3. The highest BCUT2D eigenvalue weighted by molar-refractivity contribution is 5.88. The van der Waals surface area contributed by atoms with E-state index in [2.05, 4.69) is 53.3 Å². The normalized spacial score (nSPS) is 20.3. The summed E-state index contributed by atoms with van der Waals surface area (Å²) in [6, 6.07) is 7.18. The van der Waals surface area contributed by atoms with Crippen LogP contribution in [0.15, 0.2) is 18.2 Å². The van der Waals surface area contributed by atoms with Gasteiger partial charge >= 0.3 is 0 Å². The van der Waals surface area contributed by atoms with Crippen molar-refractivity contribution in [1.29, 1.82) is 5.41 Å². The van der Waals surface area contributed by atoms with Gasteiger partial charge in [-0.05, 0) is 101 Å². The second-order valence-corrected chi connectivity index (χ2v) is 12.6. The summed E-state index contributed by atoms with van der Waals surface area (Å²) in [7, 11) is 0. The van der Waals surface area contributed by atoms with Gasteiger partial charge in [0, 0.05) is 54.6 Å². The van der Waals surface area contributed by atoms with E-state index >= 15 is 0 Å². The molecular weight excluding hydrogens is 510 g/mol. The zero-order valence-corrected chi connectivity index (χ0v) is 25.6. The summed E-state index contributed by atoms with van der Waals surface area (Å²) < 4.78 is 0. The van der Waals surface area contributed by atoms with Crippen LogP contribution in [0.25, 0.3) is 0 Å². The van der Waals surface area contributed by atoms with Gasteiger partial charge in [0.2, 0.25) is 5.91 Å². The first-order chi connectivity index (χ1) is 19.8. The van der Waals surface area contributed by atoms with Gasteiger partial charge in [-0.25, -0.2) is 9.97 Å². The summed E-state index contributed by atoms with van der Waals surface area (Å²) in [6.07, 6.45) is 12.4. The molecule has 1 unspecified atom stereocenters. The van der Waals surface area contributed by atoms with E-state index in [0.717, 1.165) is 74.2 Å². The molecule has 0 aliphatic carbocycles. The van der Waals surface area contributed by atoms with E-state index in [1.807, 2.05) is 13.0 Å². The highest BCUT2D eigenvalue weighted by atomic mass is 16.2. The Labute approximate surface area is 246 Å². The Hall–Kier alpha value is -3.00. The monoisotopic (exact) mass is 559 g/mol. The number of nitrogens with one attached hydrogen (secondary N) is 3. The lowest BCUT2D eigenvalue weighted by Crippen LogP contribution is -2.51. The molecule has 3 aliphatic heterocycles. The average molecular weight is 560 g/mol. The van der Waals surface area contributed by atoms with Crippen molar-refractivity contribution in [3.63, 3.8) is 0 Å². The molecule has 1 aromatic carbocycles. The van der Waals surface area contributed by atoms with Crippen LogP contribution in [0.2, 0.25) is 0 Å². The van der Waals surface area contributed by atoms with Crippen LogP contribution in [-0.2, 0) is 4.79 Å². The zero-order valence-electron chi connectivity index (χ0n) is 25.6. The van der Waals surface area contributed by atoms with Crippen LogP contribution in [0.3, 0.4) is 0 Å². The maximum Gasteiger partial charge on any atom is 0.220 e. The lowest BCUT2D eigenvalue weighted by molar-refractivity contribution is -0.119. The Morgan fingerprint density at radius 3 is 2.49 bits per heavy atom. The van der Waals surface area contributed by atoms with E-state index < -0.39 is 0 Å². The minimum atomic E-state index is -0.0307. The number of unbranched alkanes of at least 4 members (excludes halogenated alkanes) is 1. The number of benzene rings is 1. The molecule has 5 rings (SSSR count). The van der Waals surface area contributed by atoms with Gasteiger partial charge in [0.05, 0.1) is 0 Å². The molecule has 222 valence electrons. The van der Waals surface area contributed by atoms with Gasteiger partial charge in [-0.2, -0.15) is 0 Å². The molecule has 1 spiro atoms. The van der Waals surface area contributed by atoms with Gasteiger partial charge in [-0.3, -0.25) is 4.79 Å². The molecule has 3 N–H and O–H groups in total. The summed E-state index contributed by atoms with van der Waals surface area (Å²) >= 11 is 0. The Balaban J connectivity index is 1.30. The highest BCUT2D eigenvalue weighted by Crippen LogP contribution is 2.36. The molecule has 3 aliphatic rings. The van der Waals surface area contributed by atoms with Crippen LogP contribution in [0.4, 0.5) is 17.3 Å². The largest absolute Gasteiger partial charge is 0.356 e. The summed E-state index contributed by atoms with van der Waals surface area (Å²) in [5.41, 5.74) is 4.45. The number of carbonyl (C=O) groups is 1. The quantitative estimate of drug-likeness (QED) is 0.299. The minimum Gasteiger partial charge on any atom is -0.356 e. The zero-order chi connectivity index (χ0) is 29.0. The molecule has 0 saturated carbocycles. The Bertz CT molecular complexity index is 1230. The molecule has 1 aromatic heterocycles. The van der Waals surface area contributed by atoms with Crippen LogP contribution in [0.1, 0.15) is 106 Å². The first kappa shape index (κ1) is 29.5. The first-order valence-electron chi connectivity index (χ1n) is 15.9. The third kappa shape index (κ3) is 6.74. The fraction of sp³-hybridized carbons (Fsp3) is 0.636. The van der Waals surface area contributed by atoms with Crippen molar-refractivity contribution in [3.05, 3.63) is 40.7 Å². The second-order valence-electron chi connectivity index (χ2n) is 12.6. The van der Waals surface area contributed by atoms with Crippen molar-refractivity contribution in [2.75, 3.05) is 36.4 Å². The highest BCUT2D eigenvalue weighted by Gasteiger charge is 2.40. The Morgan fingerprint density at radius 2 is 1.85 bits per heavy atom. The van der Waals surface area contributed by atoms with E-state index in [1.165, 1.54) is 55.9 Å². The fourth-order valence-electron chi connectivity index (χ4n) is 7.30. The lowest BCUT2D eigenvalue weighted by Gasteiger charge is -2.39. The van der Waals surface area contributed by atoms with Gasteiger partial charge in [0.15, 0.2) is 0 Å². The number of carbonyl (C=O) groups excluding carboxylic acids is 1. The third-order valence-corrected chi connectivity index (χ3v) is 9.81. The number of aromatic nitrogens is 2. The number of hydrogen-bond acceptors (Lipinski definition) is 7. The van der Waals surface area contributed by atoms with Crippen LogP contribution >= 0.6 is 0 Å². The van der Waals surface area contributed by atoms with E-state index in [9.17, 15) is 4.79 Å². The van der Waals surface area contributed by atoms with Crippen molar-refractivity contribution < 1.29 is 4.79 Å². The van der Waals surface area contributed by atoms with Crippen LogP contribution in [0.5, 0.6) is 0 Å². The Morgan fingerprint density at radius 1 is 1.10 bits per heavy atom. The first-order valence-corrected chi connectivity index (χ1v) is 15.9. The van der Waals surface area contributed by atoms with Crippen molar-refractivity contribution >= 4 is 29.4 Å². The summed E-state index contributed by atoms with van der Waals surface area (Å²) in [6.45, 7) is 12.8. The molecule has 3 fully saturated rings. The maximum absolute atomic E-state index is 11.8. The van der Waals surface area contributed by atoms with E-state index in [-0.39, 0.29) is 11.4 Å². The number of likely N-dealkylation sites (tertiary alicyclic amines) is 1. The summed E-state index contributed by atoms with van der Waals surface area (Å²) in [5, 5.41) is 14.9. The van der Waals surface area contributed by atoms with Crippen LogP contribution in [-0.4, -0.2) is 64.7 Å². The number of anilines is 3. The summed E-state index contributed by atoms with van der Waals surface area (Å²) in [4.78, 5) is 26.4. The number of rotatable bonds is 10.